The molecule has 0 aromatic heterocycles. The Morgan fingerprint density at radius 1 is 1.23 bits per heavy atom. The summed E-state index contributed by atoms with van der Waals surface area (Å²) in [5.41, 5.74) is 0. The number of aliphatic hydroxyl groups is 1. The molecule has 0 bridgehead atoms. The fourth-order valence-electron chi connectivity index (χ4n) is 1.40. The van der Waals surface area contributed by atoms with Gasteiger partial charge in [0.15, 0.2) is 0 Å². The lowest BCUT2D eigenvalue weighted by atomic mass is 10.2. The largest absolute Gasteiger partial charge is 0.509 e. The van der Waals surface area contributed by atoms with Gasteiger partial charge in [-0.1, -0.05) is 0 Å². The van der Waals surface area contributed by atoms with E-state index in [9.17, 15) is 5.11 Å². The summed E-state index contributed by atoms with van der Waals surface area (Å²) in [6.45, 7) is 10.2. The minimum absolute atomic E-state index is 0.448. The molecule has 13 heavy (non-hydrogen) atoms. The van der Waals surface area contributed by atoms with Gasteiger partial charge in [-0.25, -0.2) is 0 Å². The summed E-state index contributed by atoms with van der Waals surface area (Å²) in [7, 11) is 0. The minimum Gasteiger partial charge on any atom is -0.509 e. The number of hydrogen-bond donors (Lipinski definition) is 1. The molecule has 0 aromatic carbocycles. The first-order chi connectivity index (χ1) is 6.00. The van der Waals surface area contributed by atoms with Crippen LogP contribution in [0.5, 0.6) is 0 Å². The van der Waals surface area contributed by atoms with Crippen molar-refractivity contribution in [1.82, 2.24) is 9.80 Å². The number of hydrogen-bond acceptors (Lipinski definition) is 3. The van der Waals surface area contributed by atoms with E-state index in [-0.39, 0.29) is 0 Å². The zero-order valence-corrected chi connectivity index (χ0v) is 8.99. The minimum atomic E-state index is 0.448. The Morgan fingerprint density at radius 2 is 1.85 bits per heavy atom. The lowest BCUT2D eigenvalue weighted by molar-refractivity contribution is 0.0892. The molecule has 1 heterocycles. The smallest absolute Gasteiger partial charge is 0.122 e. The molecule has 3 heteroatoms. The van der Waals surface area contributed by atoms with Crippen LogP contribution in [0.2, 0.25) is 0 Å². The van der Waals surface area contributed by atoms with Crippen molar-refractivity contribution in [2.45, 2.75) is 39.8 Å². The third-order valence-corrected chi connectivity index (χ3v) is 2.42. The van der Waals surface area contributed by atoms with E-state index < -0.39 is 0 Å². The Kier molecular flexibility index (Phi) is 3.20. The van der Waals surface area contributed by atoms with E-state index >= 15 is 0 Å². The van der Waals surface area contributed by atoms with Gasteiger partial charge in [-0.15, -0.1) is 0 Å². The average Bonchev–Trinajstić information content (AvgIpc) is 2.03. The summed E-state index contributed by atoms with van der Waals surface area (Å²) in [5, 5.41) is 9.53. The predicted molar refractivity (Wildman–Crippen MR) is 54.4 cm³/mol. The van der Waals surface area contributed by atoms with Crippen LogP contribution >= 0.6 is 0 Å². The molecule has 0 radical (unpaired) electrons. The van der Waals surface area contributed by atoms with Crippen molar-refractivity contribution in [2.75, 3.05) is 13.2 Å². The Labute approximate surface area is 80.6 Å². The van der Waals surface area contributed by atoms with Gasteiger partial charge in [0.1, 0.15) is 5.76 Å². The number of aliphatic hydroxyl groups excluding tert-OH is 1. The quantitative estimate of drug-likeness (QED) is 0.708. The number of rotatable bonds is 2. The van der Waals surface area contributed by atoms with Gasteiger partial charge >= 0.3 is 0 Å². The van der Waals surface area contributed by atoms with Crippen molar-refractivity contribution < 1.29 is 5.11 Å². The van der Waals surface area contributed by atoms with Gasteiger partial charge in [-0.2, -0.15) is 0 Å². The van der Waals surface area contributed by atoms with Gasteiger partial charge in [0.2, 0.25) is 0 Å². The van der Waals surface area contributed by atoms with Gasteiger partial charge in [-0.3, -0.25) is 4.90 Å². The Balaban J connectivity index is 2.66. The number of nitrogens with zero attached hydrogens (tertiary/aromatic N) is 2. The topological polar surface area (TPSA) is 26.7 Å². The highest BCUT2D eigenvalue weighted by Gasteiger charge is 2.20. The summed E-state index contributed by atoms with van der Waals surface area (Å²) in [6.07, 6.45) is 1.85. The van der Waals surface area contributed by atoms with E-state index in [0.29, 0.717) is 24.4 Å². The second-order valence-corrected chi connectivity index (χ2v) is 4.21. The van der Waals surface area contributed by atoms with Crippen LogP contribution in [0, 0.1) is 0 Å². The van der Waals surface area contributed by atoms with E-state index in [1.807, 2.05) is 6.20 Å². The van der Waals surface area contributed by atoms with Crippen LogP contribution in [0.4, 0.5) is 0 Å². The van der Waals surface area contributed by atoms with E-state index in [1.54, 1.807) is 0 Å². The molecule has 0 amide bonds. The molecule has 1 rings (SSSR count). The molecule has 0 spiro atoms. The van der Waals surface area contributed by atoms with E-state index in [2.05, 4.69) is 37.5 Å². The van der Waals surface area contributed by atoms with Crippen molar-refractivity contribution in [3.63, 3.8) is 0 Å². The second-order valence-electron chi connectivity index (χ2n) is 4.21. The van der Waals surface area contributed by atoms with Gasteiger partial charge < -0.3 is 10.0 Å². The Bertz CT molecular complexity index is 199. The highest BCUT2D eigenvalue weighted by atomic mass is 16.3. The second kappa shape index (κ2) is 4.01. The molecule has 0 fully saturated rings. The Hall–Kier alpha value is -0.700. The van der Waals surface area contributed by atoms with Crippen molar-refractivity contribution in [3.8, 4) is 0 Å². The van der Waals surface area contributed by atoms with Crippen LogP contribution in [0.25, 0.3) is 0 Å². The van der Waals surface area contributed by atoms with Crippen LogP contribution in [-0.2, 0) is 0 Å². The normalized spacial score (nSPS) is 19.8. The van der Waals surface area contributed by atoms with Gasteiger partial charge in [0, 0.05) is 18.3 Å². The first kappa shape index (κ1) is 10.4. The van der Waals surface area contributed by atoms with Crippen LogP contribution in [0.15, 0.2) is 12.0 Å². The zero-order chi connectivity index (χ0) is 10.0. The molecule has 0 saturated carbocycles. The van der Waals surface area contributed by atoms with Gasteiger partial charge in [0.25, 0.3) is 0 Å². The van der Waals surface area contributed by atoms with Crippen LogP contribution < -0.4 is 0 Å². The molecule has 0 unspecified atom stereocenters. The molecule has 0 saturated heterocycles. The fraction of sp³-hybridized carbons (Fsp3) is 0.800. The maximum atomic E-state index is 9.53. The molecule has 0 aromatic rings. The molecule has 1 aliphatic rings. The van der Waals surface area contributed by atoms with Crippen molar-refractivity contribution in [3.05, 3.63) is 12.0 Å². The van der Waals surface area contributed by atoms with E-state index in [4.69, 9.17) is 0 Å². The monoisotopic (exact) mass is 184 g/mol. The summed E-state index contributed by atoms with van der Waals surface area (Å²) >= 11 is 0. The zero-order valence-electron chi connectivity index (χ0n) is 8.99. The molecular formula is C10H20N2O. The lowest BCUT2D eigenvalue weighted by Crippen LogP contribution is -2.46. The molecule has 3 nitrogen and oxygen atoms in total. The third-order valence-electron chi connectivity index (χ3n) is 2.42. The maximum absolute atomic E-state index is 9.53. The lowest BCUT2D eigenvalue weighted by Gasteiger charge is -2.38. The maximum Gasteiger partial charge on any atom is 0.122 e. The van der Waals surface area contributed by atoms with Crippen molar-refractivity contribution in [1.29, 1.82) is 0 Å². The third kappa shape index (κ3) is 2.62. The van der Waals surface area contributed by atoms with E-state index in [1.165, 1.54) is 0 Å². The summed E-state index contributed by atoms with van der Waals surface area (Å²) < 4.78 is 0. The van der Waals surface area contributed by atoms with Crippen LogP contribution in [0.1, 0.15) is 27.7 Å². The first-order valence-corrected chi connectivity index (χ1v) is 4.90. The molecule has 0 atom stereocenters. The van der Waals surface area contributed by atoms with Gasteiger partial charge in [0.05, 0.1) is 13.2 Å². The fourth-order valence-corrected chi connectivity index (χ4v) is 1.40. The van der Waals surface area contributed by atoms with Crippen molar-refractivity contribution >= 4 is 0 Å². The predicted octanol–water partition coefficient (Wildman–Crippen LogP) is 1.78. The standard InChI is InChI=1S/C10H20N2O/c1-8(2)11-5-10(13)6-12(7-11)9(3)4/h5,8-9,13H,6-7H2,1-4H3. The van der Waals surface area contributed by atoms with E-state index in [0.717, 1.165) is 6.67 Å². The highest BCUT2D eigenvalue weighted by molar-refractivity contribution is 4.99. The van der Waals surface area contributed by atoms with Crippen LogP contribution in [0.3, 0.4) is 0 Å². The summed E-state index contributed by atoms with van der Waals surface area (Å²) in [6, 6.07) is 0.931. The molecule has 1 N–H and O–H groups in total. The average molecular weight is 184 g/mol. The first-order valence-electron chi connectivity index (χ1n) is 4.90. The highest BCUT2D eigenvalue weighted by Crippen LogP contribution is 2.13. The molecule has 1 aliphatic heterocycles. The molecule has 76 valence electrons. The summed E-state index contributed by atoms with van der Waals surface area (Å²) in [4.78, 5) is 4.40. The molecular weight excluding hydrogens is 164 g/mol. The SMILES string of the molecule is CC(C)N1C=C(O)CN(C(C)C)C1. The van der Waals surface area contributed by atoms with Crippen LogP contribution in [-0.4, -0.2) is 40.2 Å². The Morgan fingerprint density at radius 3 is 2.31 bits per heavy atom. The summed E-state index contributed by atoms with van der Waals surface area (Å²) in [5.74, 6) is 0.466. The molecule has 0 aliphatic carbocycles. The van der Waals surface area contributed by atoms with Crippen molar-refractivity contribution in [2.24, 2.45) is 0 Å². The van der Waals surface area contributed by atoms with Gasteiger partial charge in [-0.05, 0) is 27.7 Å².